The maximum Gasteiger partial charge on any atom is 0.156 e. The first-order valence-electron chi connectivity index (χ1n) is 10.2. The van der Waals surface area contributed by atoms with E-state index in [0.29, 0.717) is 44.8 Å². The number of halogens is 4. The number of rotatable bonds is 9. The van der Waals surface area contributed by atoms with Crippen molar-refractivity contribution in [2.75, 3.05) is 13.2 Å². The molecule has 0 amide bonds. The predicted molar refractivity (Wildman–Crippen MR) is 137 cm³/mol. The summed E-state index contributed by atoms with van der Waals surface area (Å²) in [6, 6.07) is 7.54. The molecule has 0 saturated carbocycles. The maximum absolute atomic E-state index is 6.59. The number of ether oxygens (including phenoxy) is 2. The van der Waals surface area contributed by atoms with Crippen molar-refractivity contribution in [3.8, 4) is 11.5 Å². The van der Waals surface area contributed by atoms with Crippen LogP contribution in [0.4, 0.5) is 0 Å². The van der Waals surface area contributed by atoms with Gasteiger partial charge in [-0.1, -0.05) is 95.5 Å². The summed E-state index contributed by atoms with van der Waals surface area (Å²) < 4.78 is 11.3. The Bertz CT molecular complexity index is 972. The fourth-order valence-electron chi connectivity index (χ4n) is 3.81. The number of hydrogen-bond acceptors (Lipinski definition) is 2. The van der Waals surface area contributed by atoms with E-state index < -0.39 is 5.41 Å². The van der Waals surface area contributed by atoms with Gasteiger partial charge in [0.05, 0.1) is 20.1 Å². The Balaban J connectivity index is 2.19. The topological polar surface area (TPSA) is 18.5 Å². The lowest BCUT2D eigenvalue weighted by Crippen LogP contribution is -2.27. The van der Waals surface area contributed by atoms with Crippen molar-refractivity contribution in [3.63, 3.8) is 0 Å². The van der Waals surface area contributed by atoms with Gasteiger partial charge in [0.1, 0.15) is 13.2 Å². The lowest BCUT2D eigenvalue weighted by atomic mass is 9.68. The highest BCUT2D eigenvalue weighted by Gasteiger charge is 2.35. The first-order chi connectivity index (χ1) is 15.3. The zero-order chi connectivity index (χ0) is 23.3. The molecule has 0 saturated heterocycles. The SMILES string of the molecule is C=CCOc1c(Cl)cc(C(C)(C2=CC=CCC2)c2cc(Cl)c(OCC=C)c(Cl)c2)cc1Cl. The van der Waals surface area contributed by atoms with E-state index >= 15 is 0 Å². The summed E-state index contributed by atoms with van der Waals surface area (Å²) in [5, 5.41) is 1.71. The maximum atomic E-state index is 6.59. The highest BCUT2D eigenvalue weighted by atomic mass is 35.5. The Kier molecular flexibility index (Phi) is 8.41. The largest absolute Gasteiger partial charge is 0.486 e. The van der Waals surface area contributed by atoms with Gasteiger partial charge < -0.3 is 9.47 Å². The quantitative estimate of drug-likeness (QED) is 0.314. The molecule has 2 aromatic carbocycles. The molecule has 1 aliphatic rings. The molecule has 0 bridgehead atoms. The molecular formula is C26H24Cl4O2. The smallest absolute Gasteiger partial charge is 0.156 e. The molecule has 0 heterocycles. The van der Waals surface area contributed by atoms with Gasteiger partial charge in [-0.2, -0.15) is 0 Å². The molecule has 0 N–H and O–H groups in total. The Morgan fingerprint density at radius 2 is 1.28 bits per heavy atom. The number of benzene rings is 2. The van der Waals surface area contributed by atoms with Crippen molar-refractivity contribution >= 4 is 46.4 Å². The summed E-state index contributed by atoms with van der Waals surface area (Å²) in [5.74, 6) is 0.863. The molecule has 0 unspecified atom stereocenters. The molecule has 0 aromatic heterocycles. The van der Waals surface area contributed by atoms with E-state index in [-0.39, 0.29) is 0 Å². The Hall–Kier alpha value is -1.84. The molecule has 2 aromatic rings. The molecule has 0 fully saturated rings. The summed E-state index contributed by atoms with van der Waals surface area (Å²) in [6.45, 7) is 10.1. The lowest BCUT2D eigenvalue weighted by molar-refractivity contribution is 0.363. The zero-order valence-electron chi connectivity index (χ0n) is 17.8. The molecule has 3 rings (SSSR count). The number of allylic oxidation sites excluding steroid dienone is 4. The molecule has 32 heavy (non-hydrogen) atoms. The van der Waals surface area contributed by atoms with Gasteiger partial charge in [0, 0.05) is 5.41 Å². The van der Waals surface area contributed by atoms with Crippen molar-refractivity contribution in [1.29, 1.82) is 0 Å². The Labute approximate surface area is 209 Å². The standard InChI is InChI=1S/C26H24Cl4O2/c1-4-11-31-24-20(27)13-18(14-21(24)28)26(3,17-9-7-6-8-10-17)19-15-22(29)25(23(30)16-19)32-12-5-2/h4-7,9,13-16H,1-2,8,10-12H2,3H3. The van der Waals surface area contributed by atoms with E-state index in [1.54, 1.807) is 12.2 Å². The van der Waals surface area contributed by atoms with Gasteiger partial charge in [0.25, 0.3) is 0 Å². The average Bonchev–Trinajstić information content (AvgIpc) is 2.78. The minimum absolute atomic E-state index is 0.309. The Morgan fingerprint density at radius 1 is 0.844 bits per heavy atom. The van der Waals surface area contributed by atoms with Gasteiger partial charge in [0.15, 0.2) is 11.5 Å². The van der Waals surface area contributed by atoms with E-state index in [1.807, 2.05) is 24.3 Å². The van der Waals surface area contributed by atoms with Gasteiger partial charge in [-0.05, 0) is 55.2 Å². The third-order valence-electron chi connectivity index (χ3n) is 5.50. The van der Waals surface area contributed by atoms with Gasteiger partial charge in [-0.15, -0.1) is 0 Å². The van der Waals surface area contributed by atoms with E-state index in [4.69, 9.17) is 55.9 Å². The minimum atomic E-state index is -0.584. The van der Waals surface area contributed by atoms with Crippen LogP contribution in [-0.2, 0) is 5.41 Å². The average molecular weight is 510 g/mol. The second-order valence-electron chi connectivity index (χ2n) is 7.52. The molecule has 6 heteroatoms. The molecule has 0 spiro atoms. The van der Waals surface area contributed by atoms with Crippen LogP contribution in [0.1, 0.15) is 30.9 Å². The van der Waals surface area contributed by atoms with Crippen LogP contribution in [-0.4, -0.2) is 13.2 Å². The molecule has 0 radical (unpaired) electrons. The van der Waals surface area contributed by atoms with Crippen LogP contribution >= 0.6 is 46.4 Å². The predicted octanol–water partition coefficient (Wildman–Crippen LogP) is 9.01. The van der Waals surface area contributed by atoms with Crippen molar-refractivity contribution in [2.24, 2.45) is 0 Å². The normalized spacial score (nSPS) is 13.5. The molecule has 2 nitrogen and oxygen atoms in total. The van der Waals surface area contributed by atoms with Crippen molar-refractivity contribution in [2.45, 2.75) is 25.2 Å². The van der Waals surface area contributed by atoms with E-state index in [9.17, 15) is 0 Å². The lowest BCUT2D eigenvalue weighted by Gasteiger charge is -2.36. The minimum Gasteiger partial charge on any atom is -0.486 e. The molecule has 0 aliphatic heterocycles. The first-order valence-corrected chi connectivity index (χ1v) is 11.7. The van der Waals surface area contributed by atoms with Crippen molar-refractivity contribution < 1.29 is 9.47 Å². The third-order valence-corrected chi connectivity index (χ3v) is 6.62. The van der Waals surface area contributed by atoms with Crippen LogP contribution in [0.3, 0.4) is 0 Å². The molecule has 168 valence electrons. The Morgan fingerprint density at radius 3 is 1.62 bits per heavy atom. The highest BCUT2D eigenvalue weighted by Crippen LogP contribution is 2.48. The summed E-state index contributed by atoms with van der Waals surface area (Å²) in [7, 11) is 0. The summed E-state index contributed by atoms with van der Waals surface area (Å²) in [4.78, 5) is 0. The molecule has 0 atom stereocenters. The summed E-state index contributed by atoms with van der Waals surface area (Å²) in [6.07, 6.45) is 11.4. The first kappa shape index (κ1) is 24.8. The summed E-state index contributed by atoms with van der Waals surface area (Å²) >= 11 is 26.4. The third kappa shape index (κ3) is 5.05. The second kappa shape index (κ2) is 10.9. The number of hydrogen-bond donors (Lipinski definition) is 0. The van der Waals surface area contributed by atoms with Crippen LogP contribution in [0.15, 0.2) is 73.4 Å². The van der Waals surface area contributed by atoms with Crippen molar-refractivity contribution in [3.05, 3.63) is 105 Å². The van der Waals surface area contributed by atoms with Gasteiger partial charge in [-0.3, -0.25) is 0 Å². The zero-order valence-corrected chi connectivity index (χ0v) is 20.8. The molecular weight excluding hydrogens is 486 g/mol. The van der Waals surface area contributed by atoms with Gasteiger partial charge >= 0.3 is 0 Å². The summed E-state index contributed by atoms with van der Waals surface area (Å²) in [5.41, 5.74) is 2.43. The van der Waals surface area contributed by atoms with E-state index in [2.05, 4.69) is 38.3 Å². The van der Waals surface area contributed by atoms with Gasteiger partial charge in [-0.25, -0.2) is 0 Å². The van der Waals surface area contributed by atoms with E-state index in [0.717, 1.165) is 24.0 Å². The van der Waals surface area contributed by atoms with Crippen LogP contribution in [0.5, 0.6) is 11.5 Å². The second-order valence-corrected chi connectivity index (χ2v) is 9.15. The van der Waals surface area contributed by atoms with Crippen LogP contribution < -0.4 is 9.47 Å². The van der Waals surface area contributed by atoms with Crippen LogP contribution in [0, 0.1) is 0 Å². The fourth-order valence-corrected chi connectivity index (χ4v) is 5.01. The van der Waals surface area contributed by atoms with Crippen molar-refractivity contribution in [1.82, 2.24) is 0 Å². The van der Waals surface area contributed by atoms with Crippen LogP contribution in [0.2, 0.25) is 20.1 Å². The van der Waals surface area contributed by atoms with Gasteiger partial charge in [0.2, 0.25) is 0 Å². The highest BCUT2D eigenvalue weighted by molar-refractivity contribution is 6.38. The van der Waals surface area contributed by atoms with Crippen LogP contribution in [0.25, 0.3) is 0 Å². The fraction of sp³-hybridized carbons (Fsp3) is 0.231. The monoisotopic (exact) mass is 508 g/mol. The van der Waals surface area contributed by atoms with E-state index in [1.165, 1.54) is 5.57 Å². The molecule has 1 aliphatic carbocycles.